The van der Waals surface area contributed by atoms with Crippen LogP contribution in [0.15, 0.2) is 17.5 Å². The van der Waals surface area contributed by atoms with Crippen LogP contribution >= 0.6 is 11.3 Å². The first kappa shape index (κ1) is 13.6. The van der Waals surface area contributed by atoms with Crippen LogP contribution in [0.25, 0.3) is 0 Å². The van der Waals surface area contributed by atoms with Gasteiger partial charge in [0.1, 0.15) is 0 Å². The Morgan fingerprint density at radius 3 is 2.63 bits per heavy atom. The lowest BCUT2D eigenvalue weighted by molar-refractivity contribution is 0.208. The number of hydrogen-bond acceptors (Lipinski definition) is 2. The Labute approximate surface area is 121 Å². The van der Waals surface area contributed by atoms with Gasteiger partial charge in [-0.2, -0.15) is 0 Å². The molecule has 2 aliphatic carbocycles. The molecule has 3 rings (SSSR count). The monoisotopic (exact) mass is 277 g/mol. The van der Waals surface area contributed by atoms with Crippen LogP contribution in [0.5, 0.6) is 0 Å². The second-order valence-electron chi connectivity index (χ2n) is 7.85. The molecule has 0 spiro atoms. The number of rotatable bonds is 5. The Bertz CT molecular complexity index is 405. The van der Waals surface area contributed by atoms with E-state index in [1.165, 1.54) is 38.6 Å². The second kappa shape index (κ2) is 4.89. The van der Waals surface area contributed by atoms with E-state index in [-0.39, 0.29) is 5.54 Å². The zero-order chi connectivity index (χ0) is 13.5. The van der Waals surface area contributed by atoms with E-state index in [0.717, 1.165) is 11.8 Å². The van der Waals surface area contributed by atoms with Gasteiger partial charge in [-0.1, -0.05) is 6.07 Å². The fourth-order valence-electron chi connectivity index (χ4n) is 3.74. The fraction of sp³-hybridized carbons (Fsp3) is 0.765. The summed E-state index contributed by atoms with van der Waals surface area (Å²) in [5, 5.41) is 5.99. The van der Waals surface area contributed by atoms with Gasteiger partial charge in [-0.3, -0.25) is 0 Å². The molecule has 2 atom stereocenters. The Balaban J connectivity index is 1.60. The number of aryl methyl sites for hydroxylation is 1. The number of fused-ring (bicyclic) bond motifs is 1. The standard InChI is InChI=1S/C17H27NS/c1-16(2,3)18-12-17(10-13-9-14(13)11-17)7-6-15-5-4-8-19-15/h4-5,8,13-14,18H,6-7,9-12H2,1-3H3. The average molecular weight is 277 g/mol. The van der Waals surface area contributed by atoms with Crippen molar-refractivity contribution in [3.05, 3.63) is 22.4 Å². The summed E-state index contributed by atoms with van der Waals surface area (Å²) in [6, 6.07) is 4.48. The molecule has 0 amide bonds. The first-order chi connectivity index (χ1) is 8.96. The quantitative estimate of drug-likeness (QED) is 0.836. The van der Waals surface area contributed by atoms with Gasteiger partial charge in [-0.05, 0) is 81.6 Å². The molecule has 106 valence electrons. The predicted octanol–water partition coefficient (Wildman–Crippen LogP) is 4.49. The molecule has 1 N–H and O–H groups in total. The molecule has 2 aliphatic rings. The molecule has 2 unspecified atom stereocenters. The third-order valence-electron chi connectivity index (χ3n) is 4.93. The first-order valence-corrected chi connectivity index (χ1v) is 8.61. The molecule has 0 aliphatic heterocycles. The molecule has 1 nitrogen and oxygen atoms in total. The minimum absolute atomic E-state index is 0.253. The molecule has 0 bridgehead atoms. The summed E-state index contributed by atoms with van der Waals surface area (Å²) in [4.78, 5) is 1.57. The van der Waals surface area contributed by atoms with Crippen LogP contribution in [-0.4, -0.2) is 12.1 Å². The molecule has 0 aromatic carbocycles. The first-order valence-electron chi connectivity index (χ1n) is 7.73. The zero-order valence-electron chi connectivity index (χ0n) is 12.5. The normalized spacial score (nSPS) is 33.4. The molecule has 2 saturated carbocycles. The van der Waals surface area contributed by atoms with Gasteiger partial charge in [0.2, 0.25) is 0 Å². The predicted molar refractivity (Wildman–Crippen MR) is 83.7 cm³/mol. The highest BCUT2D eigenvalue weighted by Gasteiger charge is 2.53. The van der Waals surface area contributed by atoms with Gasteiger partial charge < -0.3 is 5.32 Å². The van der Waals surface area contributed by atoms with E-state index < -0.39 is 0 Å². The number of nitrogens with one attached hydrogen (secondary N) is 1. The highest BCUT2D eigenvalue weighted by molar-refractivity contribution is 7.09. The number of thiophene rings is 1. The molecule has 0 radical (unpaired) electrons. The maximum atomic E-state index is 3.78. The van der Waals surface area contributed by atoms with E-state index in [2.05, 4.69) is 43.6 Å². The van der Waals surface area contributed by atoms with Crippen molar-refractivity contribution >= 4 is 11.3 Å². The van der Waals surface area contributed by atoms with Gasteiger partial charge in [0.15, 0.2) is 0 Å². The van der Waals surface area contributed by atoms with Crippen LogP contribution in [0.1, 0.15) is 51.3 Å². The lowest BCUT2D eigenvalue weighted by Crippen LogP contribution is -2.43. The van der Waals surface area contributed by atoms with Gasteiger partial charge >= 0.3 is 0 Å². The summed E-state index contributed by atoms with van der Waals surface area (Å²) < 4.78 is 0. The van der Waals surface area contributed by atoms with Gasteiger partial charge in [-0.25, -0.2) is 0 Å². The Kier molecular flexibility index (Phi) is 3.51. The average Bonchev–Trinajstić information content (AvgIpc) is 2.82. The molecule has 2 fully saturated rings. The van der Waals surface area contributed by atoms with Crippen LogP contribution in [-0.2, 0) is 6.42 Å². The summed E-state index contributed by atoms with van der Waals surface area (Å²) in [6.07, 6.45) is 7.14. The topological polar surface area (TPSA) is 12.0 Å². The second-order valence-corrected chi connectivity index (χ2v) is 8.88. The summed E-state index contributed by atoms with van der Waals surface area (Å²) in [5.41, 5.74) is 0.841. The fourth-order valence-corrected chi connectivity index (χ4v) is 4.45. The summed E-state index contributed by atoms with van der Waals surface area (Å²) in [7, 11) is 0. The van der Waals surface area contributed by atoms with E-state index in [0.29, 0.717) is 5.41 Å². The maximum absolute atomic E-state index is 3.78. The zero-order valence-corrected chi connectivity index (χ0v) is 13.4. The third kappa shape index (κ3) is 3.41. The van der Waals surface area contributed by atoms with E-state index in [9.17, 15) is 0 Å². The lowest BCUT2D eigenvalue weighted by atomic mass is 9.78. The summed E-state index contributed by atoms with van der Waals surface area (Å²) >= 11 is 1.92. The molecule has 1 aromatic heterocycles. The van der Waals surface area contributed by atoms with Crippen molar-refractivity contribution in [1.29, 1.82) is 0 Å². The van der Waals surface area contributed by atoms with Crippen LogP contribution in [0, 0.1) is 17.3 Å². The van der Waals surface area contributed by atoms with Crippen LogP contribution in [0.4, 0.5) is 0 Å². The van der Waals surface area contributed by atoms with Crippen LogP contribution in [0.3, 0.4) is 0 Å². The van der Waals surface area contributed by atoms with Crippen LogP contribution in [0.2, 0.25) is 0 Å². The highest BCUT2D eigenvalue weighted by Crippen LogP contribution is 2.61. The Morgan fingerprint density at radius 2 is 2.05 bits per heavy atom. The number of hydrogen-bond donors (Lipinski definition) is 1. The largest absolute Gasteiger partial charge is 0.312 e. The summed E-state index contributed by atoms with van der Waals surface area (Å²) in [6.45, 7) is 8.08. The van der Waals surface area contributed by atoms with Crippen molar-refractivity contribution in [2.75, 3.05) is 6.54 Å². The SMILES string of the molecule is CC(C)(C)NCC1(CCc2cccs2)CC2CC2C1. The van der Waals surface area contributed by atoms with Crippen molar-refractivity contribution in [2.24, 2.45) is 17.3 Å². The van der Waals surface area contributed by atoms with Crippen molar-refractivity contribution in [2.45, 2.75) is 58.4 Å². The molecule has 1 aromatic rings. The smallest absolute Gasteiger partial charge is 0.00967 e. The molecule has 19 heavy (non-hydrogen) atoms. The molecule has 1 heterocycles. The molecular formula is C17H27NS. The lowest BCUT2D eigenvalue weighted by Gasteiger charge is -2.35. The van der Waals surface area contributed by atoms with Crippen molar-refractivity contribution < 1.29 is 0 Å². The molecular weight excluding hydrogens is 250 g/mol. The van der Waals surface area contributed by atoms with E-state index in [1.54, 1.807) is 4.88 Å². The molecule has 0 saturated heterocycles. The summed E-state index contributed by atoms with van der Waals surface area (Å²) in [5.74, 6) is 2.15. The van der Waals surface area contributed by atoms with Crippen molar-refractivity contribution in [3.8, 4) is 0 Å². The minimum Gasteiger partial charge on any atom is -0.312 e. The third-order valence-corrected chi connectivity index (χ3v) is 5.87. The van der Waals surface area contributed by atoms with E-state index in [1.807, 2.05) is 11.3 Å². The Hall–Kier alpha value is -0.340. The van der Waals surface area contributed by atoms with Gasteiger partial charge in [0, 0.05) is 17.0 Å². The molecule has 2 heteroatoms. The van der Waals surface area contributed by atoms with Gasteiger partial charge in [0.05, 0.1) is 0 Å². The Morgan fingerprint density at radius 1 is 1.32 bits per heavy atom. The maximum Gasteiger partial charge on any atom is 0.00967 e. The minimum atomic E-state index is 0.253. The van der Waals surface area contributed by atoms with E-state index in [4.69, 9.17) is 0 Å². The van der Waals surface area contributed by atoms with Gasteiger partial charge in [0.25, 0.3) is 0 Å². The highest BCUT2D eigenvalue weighted by atomic mass is 32.1. The van der Waals surface area contributed by atoms with Gasteiger partial charge in [-0.15, -0.1) is 11.3 Å². The van der Waals surface area contributed by atoms with E-state index >= 15 is 0 Å². The van der Waals surface area contributed by atoms with Crippen molar-refractivity contribution in [3.63, 3.8) is 0 Å². The van der Waals surface area contributed by atoms with Crippen LogP contribution < -0.4 is 5.32 Å². The van der Waals surface area contributed by atoms with Crippen molar-refractivity contribution in [1.82, 2.24) is 5.32 Å².